The zero-order valence-electron chi connectivity index (χ0n) is 10.9. The molecule has 104 valence electrons. The third-order valence-corrected chi connectivity index (χ3v) is 2.76. The van der Waals surface area contributed by atoms with Gasteiger partial charge in [-0.05, 0) is 42.0 Å². The minimum atomic E-state index is -0.492. The van der Waals surface area contributed by atoms with Crippen LogP contribution in [0.1, 0.15) is 15.9 Å². The summed E-state index contributed by atoms with van der Waals surface area (Å²) in [5, 5.41) is 0. The SMILES string of the molecule is COc1ccc(COc2ccc(C(N)=O)cc2)cc1F. The lowest BCUT2D eigenvalue weighted by Crippen LogP contribution is -2.10. The van der Waals surface area contributed by atoms with Gasteiger partial charge in [-0.2, -0.15) is 0 Å². The Labute approximate surface area is 115 Å². The van der Waals surface area contributed by atoms with Gasteiger partial charge in [-0.15, -0.1) is 0 Å². The van der Waals surface area contributed by atoms with E-state index in [0.29, 0.717) is 16.9 Å². The third kappa shape index (κ3) is 3.26. The lowest BCUT2D eigenvalue weighted by Gasteiger charge is -2.08. The highest BCUT2D eigenvalue weighted by molar-refractivity contribution is 5.92. The third-order valence-electron chi connectivity index (χ3n) is 2.76. The highest BCUT2D eigenvalue weighted by atomic mass is 19.1. The molecule has 2 aromatic rings. The molecule has 1 amide bonds. The van der Waals surface area contributed by atoms with Gasteiger partial charge in [-0.25, -0.2) is 4.39 Å². The molecule has 2 rings (SSSR count). The molecular weight excluding hydrogens is 261 g/mol. The molecule has 0 saturated heterocycles. The van der Waals surface area contributed by atoms with E-state index in [0.717, 1.165) is 0 Å². The van der Waals surface area contributed by atoms with E-state index in [2.05, 4.69) is 0 Å². The van der Waals surface area contributed by atoms with Crippen LogP contribution in [0.4, 0.5) is 4.39 Å². The monoisotopic (exact) mass is 275 g/mol. The summed E-state index contributed by atoms with van der Waals surface area (Å²) in [6.45, 7) is 0.219. The molecule has 2 aromatic carbocycles. The Kier molecular flexibility index (Phi) is 4.20. The summed E-state index contributed by atoms with van der Waals surface area (Å²) in [5.41, 5.74) is 6.23. The van der Waals surface area contributed by atoms with Crippen molar-refractivity contribution in [3.8, 4) is 11.5 Å². The standard InChI is InChI=1S/C15H14FNO3/c1-19-14-7-2-10(8-13(14)16)9-20-12-5-3-11(4-6-12)15(17)18/h2-8H,9H2,1H3,(H2,17,18). The largest absolute Gasteiger partial charge is 0.494 e. The summed E-state index contributed by atoms with van der Waals surface area (Å²) in [4.78, 5) is 10.9. The first-order valence-electron chi connectivity index (χ1n) is 5.95. The Morgan fingerprint density at radius 2 is 1.90 bits per heavy atom. The number of ether oxygens (including phenoxy) is 2. The molecule has 0 spiro atoms. The van der Waals surface area contributed by atoms with Crippen molar-refractivity contribution in [2.24, 2.45) is 5.73 Å². The number of amides is 1. The van der Waals surface area contributed by atoms with Crippen molar-refractivity contribution in [1.82, 2.24) is 0 Å². The number of primary amides is 1. The van der Waals surface area contributed by atoms with Crippen LogP contribution in [0.2, 0.25) is 0 Å². The van der Waals surface area contributed by atoms with Crippen molar-refractivity contribution < 1.29 is 18.7 Å². The number of hydrogen-bond donors (Lipinski definition) is 1. The summed E-state index contributed by atoms with van der Waals surface area (Å²) in [5.74, 6) is -0.155. The fraction of sp³-hybridized carbons (Fsp3) is 0.133. The Bertz CT molecular complexity index is 611. The highest BCUT2D eigenvalue weighted by Crippen LogP contribution is 2.19. The van der Waals surface area contributed by atoms with Crippen LogP contribution in [-0.4, -0.2) is 13.0 Å². The minimum Gasteiger partial charge on any atom is -0.494 e. The summed E-state index contributed by atoms with van der Waals surface area (Å²) < 4.78 is 23.8. The van der Waals surface area contributed by atoms with Gasteiger partial charge in [0.25, 0.3) is 0 Å². The number of nitrogens with two attached hydrogens (primary N) is 1. The van der Waals surface area contributed by atoms with Gasteiger partial charge in [-0.1, -0.05) is 6.07 Å². The lowest BCUT2D eigenvalue weighted by molar-refractivity contribution is 0.1000. The summed E-state index contributed by atoms with van der Waals surface area (Å²) in [6, 6.07) is 11.1. The molecule has 0 aliphatic rings. The number of halogens is 1. The molecule has 0 unspecified atom stereocenters. The highest BCUT2D eigenvalue weighted by Gasteiger charge is 2.05. The van der Waals surface area contributed by atoms with Crippen LogP contribution in [0.3, 0.4) is 0 Å². The zero-order chi connectivity index (χ0) is 14.5. The van der Waals surface area contributed by atoms with Crippen LogP contribution >= 0.6 is 0 Å². The number of carbonyl (C=O) groups excluding carboxylic acids is 1. The van der Waals surface area contributed by atoms with Crippen LogP contribution < -0.4 is 15.2 Å². The van der Waals surface area contributed by atoms with Gasteiger partial charge in [0, 0.05) is 5.56 Å². The first kappa shape index (κ1) is 13.9. The molecule has 4 nitrogen and oxygen atoms in total. The smallest absolute Gasteiger partial charge is 0.248 e. The maximum Gasteiger partial charge on any atom is 0.248 e. The molecule has 0 aliphatic carbocycles. The van der Waals surface area contributed by atoms with Crippen LogP contribution in [0, 0.1) is 5.82 Å². The Morgan fingerprint density at radius 1 is 1.20 bits per heavy atom. The molecule has 2 N–H and O–H groups in total. The maximum atomic E-state index is 13.5. The minimum absolute atomic E-state index is 0.194. The number of rotatable bonds is 5. The first-order chi connectivity index (χ1) is 9.60. The fourth-order valence-corrected chi connectivity index (χ4v) is 1.68. The van der Waals surface area contributed by atoms with Crippen LogP contribution in [-0.2, 0) is 6.61 Å². The number of benzene rings is 2. The van der Waals surface area contributed by atoms with E-state index in [1.807, 2.05) is 0 Å². The van der Waals surface area contributed by atoms with Crippen molar-refractivity contribution in [3.05, 3.63) is 59.4 Å². The Hall–Kier alpha value is -2.56. The lowest BCUT2D eigenvalue weighted by atomic mass is 10.2. The van der Waals surface area contributed by atoms with Crippen molar-refractivity contribution in [1.29, 1.82) is 0 Å². The van der Waals surface area contributed by atoms with E-state index in [4.69, 9.17) is 15.2 Å². The Morgan fingerprint density at radius 3 is 2.45 bits per heavy atom. The van der Waals surface area contributed by atoms with E-state index in [9.17, 15) is 9.18 Å². The second kappa shape index (κ2) is 6.06. The quantitative estimate of drug-likeness (QED) is 0.912. The van der Waals surface area contributed by atoms with Crippen LogP contribution in [0.15, 0.2) is 42.5 Å². The van der Waals surface area contributed by atoms with E-state index >= 15 is 0 Å². The molecule has 0 fully saturated rings. The van der Waals surface area contributed by atoms with E-state index < -0.39 is 11.7 Å². The van der Waals surface area contributed by atoms with Crippen molar-refractivity contribution in [2.75, 3.05) is 7.11 Å². The molecule has 0 atom stereocenters. The molecule has 0 heterocycles. The molecule has 0 saturated carbocycles. The average molecular weight is 275 g/mol. The van der Waals surface area contributed by atoms with Gasteiger partial charge in [-0.3, -0.25) is 4.79 Å². The van der Waals surface area contributed by atoms with Gasteiger partial charge >= 0.3 is 0 Å². The van der Waals surface area contributed by atoms with Gasteiger partial charge in [0.05, 0.1) is 7.11 Å². The van der Waals surface area contributed by atoms with E-state index in [1.165, 1.54) is 13.2 Å². The molecule has 0 aliphatic heterocycles. The Balaban J connectivity index is 2.01. The zero-order valence-corrected chi connectivity index (χ0v) is 10.9. The predicted octanol–water partition coefficient (Wildman–Crippen LogP) is 2.51. The molecule has 5 heteroatoms. The van der Waals surface area contributed by atoms with Crippen LogP contribution in [0.25, 0.3) is 0 Å². The first-order valence-corrected chi connectivity index (χ1v) is 5.95. The van der Waals surface area contributed by atoms with Gasteiger partial charge in [0.1, 0.15) is 12.4 Å². The number of methoxy groups -OCH3 is 1. The fourth-order valence-electron chi connectivity index (χ4n) is 1.68. The summed E-state index contributed by atoms with van der Waals surface area (Å²) in [6.07, 6.45) is 0. The average Bonchev–Trinajstić information content (AvgIpc) is 2.45. The van der Waals surface area contributed by atoms with Crippen LogP contribution in [0.5, 0.6) is 11.5 Å². The molecule has 0 bridgehead atoms. The molecule has 20 heavy (non-hydrogen) atoms. The van der Waals surface area contributed by atoms with Gasteiger partial charge in [0.2, 0.25) is 5.91 Å². The predicted molar refractivity (Wildman–Crippen MR) is 72.2 cm³/mol. The second-order valence-corrected chi connectivity index (χ2v) is 4.15. The van der Waals surface area contributed by atoms with E-state index in [-0.39, 0.29) is 12.4 Å². The number of hydrogen-bond acceptors (Lipinski definition) is 3. The molecular formula is C15H14FNO3. The van der Waals surface area contributed by atoms with Crippen molar-refractivity contribution in [2.45, 2.75) is 6.61 Å². The molecule has 0 aromatic heterocycles. The van der Waals surface area contributed by atoms with Crippen molar-refractivity contribution in [3.63, 3.8) is 0 Å². The number of carbonyl (C=O) groups is 1. The topological polar surface area (TPSA) is 61.6 Å². The summed E-state index contributed by atoms with van der Waals surface area (Å²) in [7, 11) is 1.41. The molecule has 0 radical (unpaired) electrons. The van der Waals surface area contributed by atoms with Gasteiger partial charge < -0.3 is 15.2 Å². The van der Waals surface area contributed by atoms with E-state index in [1.54, 1.807) is 36.4 Å². The van der Waals surface area contributed by atoms with Crippen molar-refractivity contribution >= 4 is 5.91 Å². The summed E-state index contributed by atoms with van der Waals surface area (Å²) >= 11 is 0. The normalized spacial score (nSPS) is 10.1. The maximum absolute atomic E-state index is 13.5. The second-order valence-electron chi connectivity index (χ2n) is 4.15. The van der Waals surface area contributed by atoms with Gasteiger partial charge in [0.15, 0.2) is 11.6 Å².